The third kappa shape index (κ3) is 6.75. The van der Waals surface area contributed by atoms with E-state index in [1.807, 2.05) is 26.0 Å². The van der Waals surface area contributed by atoms with E-state index in [9.17, 15) is 0 Å². The van der Waals surface area contributed by atoms with Crippen molar-refractivity contribution in [2.75, 3.05) is 39.8 Å². The maximum Gasteiger partial charge on any atom is 0.189 e. The average Bonchev–Trinajstić information content (AvgIpc) is 3.78. The van der Waals surface area contributed by atoms with Gasteiger partial charge in [0.25, 0.3) is 0 Å². The van der Waals surface area contributed by atoms with Crippen LogP contribution in [0, 0.1) is 0 Å². The van der Waals surface area contributed by atoms with Crippen molar-refractivity contribution in [3.05, 3.63) is 71.8 Å². The van der Waals surface area contributed by atoms with Gasteiger partial charge in [0.2, 0.25) is 0 Å². The van der Waals surface area contributed by atoms with Crippen LogP contribution in [-0.2, 0) is 15.9 Å². The summed E-state index contributed by atoms with van der Waals surface area (Å²) in [5, 5.41) is 4.46. The Kier molecular flexibility index (Phi) is 9.07. The average molecular weight is 531 g/mol. The van der Waals surface area contributed by atoms with E-state index in [0.29, 0.717) is 32.8 Å². The molecule has 4 aromatic rings. The first-order chi connectivity index (χ1) is 19.2. The van der Waals surface area contributed by atoms with Crippen LogP contribution in [0.1, 0.15) is 44.7 Å². The fraction of sp³-hybridized carbons (Fsp3) is 0.394. The van der Waals surface area contributed by atoms with Crippen molar-refractivity contribution in [3.8, 4) is 23.0 Å². The third-order valence-corrected chi connectivity index (χ3v) is 6.88. The lowest BCUT2D eigenvalue weighted by atomic mass is 9.93. The van der Waals surface area contributed by atoms with Crippen molar-refractivity contribution in [1.29, 1.82) is 0 Å². The highest BCUT2D eigenvalue weighted by Gasteiger charge is 2.24. The lowest BCUT2D eigenvalue weighted by molar-refractivity contribution is 0.0225. The van der Waals surface area contributed by atoms with Gasteiger partial charge < -0.3 is 28.4 Å². The van der Waals surface area contributed by atoms with Gasteiger partial charge in [-0.3, -0.25) is 0 Å². The zero-order chi connectivity index (χ0) is 27.0. The predicted molar refractivity (Wildman–Crippen MR) is 155 cm³/mol. The first kappa shape index (κ1) is 27.1. The van der Waals surface area contributed by atoms with Gasteiger partial charge in [-0.15, -0.1) is 0 Å². The quantitative estimate of drug-likeness (QED) is 0.0912. The van der Waals surface area contributed by atoms with Crippen LogP contribution in [0.3, 0.4) is 0 Å². The molecular formula is C33H38O6. The Morgan fingerprint density at radius 2 is 1.33 bits per heavy atom. The summed E-state index contributed by atoms with van der Waals surface area (Å²) in [4.78, 5) is 0. The largest absolute Gasteiger partial charge is 0.494 e. The summed E-state index contributed by atoms with van der Waals surface area (Å²) in [5.74, 6) is 3.35. The molecule has 1 saturated heterocycles. The fourth-order valence-corrected chi connectivity index (χ4v) is 4.71. The molecular weight excluding hydrogens is 492 g/mol. The van der Waals surface area contributed by atoms with Gasteiger partial charge in [0, 0.05) is 24.2 Å². The molecule has 1 aliphatic rings. The molecule has 1 unspecified atom stereocenters. The standard InChI is InChI=1S/C33H38O6/c1-4-7-16-36-32-14-10-24-9-13-26(39-22-34-5-2)18-29(24)30(32)19-31-28-17-25(35-6-3)12-8-23(28)11-15-33(31)38-21-27-20-37-27/h8-15,17-18,27H,4-7,16,19-22H2,1-3H3. The molecule has 0 spiro atoms. The first-order valence-corrected chi connectivity index (χ1v) is 14.0. The van der Waals surface area contributed by atoms with Crippen molar-refractivity contribution < 1.29 is 28.4 Å². The molecule has 6 nitrogen and oxygen atoms in total. The summed E-state index contributed by atoms with van der Waals surface area (Å²) in [6.07, 6.45) is 2.86. The molecule has 0 N–H and O–H groups in total. The summed E-state index contributed by atoms with van der Waals surface area (Å²) in [5.41, 5.74) is 2.20. The molecule has 1 heterocycles. The molecule has 0 saturated carbocycles. The Bertz CT molecular complexity index is 1390. The Morgan fingerprint density at radius 1 is 0.718 bits per heavy atom. The minimum atomic E-state index is 0.166. The number of unbranched alkanes of at least 4 members (excludes halogenated alkanes) is 1. The van der Waals surface area contributed by atoms with Gasteiger partial charge in [-0.2, -0.15) is 0 Å². The van der Waals surface area contributed by atoms with Crippen LogP contribution >= 0.6 is 0 Å². The molecule has 0 amide bonds. The molecule has 0 bridgehead atoms. The smallest absolute Gasteiger partial charge is 0.189 e. The van der Waals surface area contributed by atoms with Crippen LogP contribution in [0.5, 0.6) is 23.0 Å². The second-order valence-corrected chi connectivity index (χ2v) is 9.68. The molecule has 1 aliphatic heterocycles. The van der Waals surface area contributed by atoms with Gasteiger partial charge in [0.1, 0.15) is 35.7 Å². The van der Waals surface area contributed by atoms with Gasteiger partial charge in [0.15, 0.2) is 6.79 Å². The Morgan fingerprint density at radius 3 is 1.92 bits per heavy atom. The van der Waals surface area contributed by atoms with Crippen LogP contribution in [-0.4, -0.2) is 45.9 Å². The number of epoxide rings is 1. The zero-order valence-corrected chi connectivity index (χ0v) is 23.2. The van der Waals surface area contributed by atoms with Gasteiger partial charge in [-0.25, -0.2) is 0 Å². The predicted octanol–water partition coefficient (Wildman–Crippen LogP) is 7.31. The molecule has 1 atom stereocenters. The number of benzene rings is 4. The van der Waals surface area contributed by atoms with Crippen LogP contribution in [0.2, 0.25) is 0 Å². The molecule has 0 aromatic heterocycles. The van der Waals surface area contributed by atoms with Crippen molar-refractivity contribution in [2.45, 2.75) is 46.1 Å². The van der Waals surface area contributed by atoms with Gasteiger partial charge in [-0.1, -0.05) is 37.6 Å². The van der Waals surface area contributed by atoms with Gasteiger partial charge in [0.05, 0.1) is 19.8 Å². The highest BCUT2D eigenvalue weighted by molar-refractivity contribution is 5.92. The van der Waals surface area contributed by atoms with Crippen molar-refractivity contribution >= 4 is 21.5 Å². The van der Waals surface area contributed by atoms with Crippen molar-refractivity contribution in [1.82, 2.24) is 0 Å². The maximum atomic E-state index is 6.37. The summed E-state index contributed by atoms with van der Waals surface area (Å²) in [6, 6.07) is 20.8. The second kappa shape index (κ2) is 13.0. The highest BCUT2D eigenvalue weighted by atomic mass is 16.7. The molecule has 0 radical (unpaired) electrons. The Hall–Kier alpha value is -3.48. The fourth-order valence-electron chi connectivity index (χ4n) is 4.71. The van der Waals surface area contributed by atoms with Gasteiger partial charge >= 0.3 is 0 Å². The van der Waals surface area contributed by atoms with Crippen LogP contribution in [0.4, 0.5) is 0 Å². The number of fused-ring (bicyclic) bond motifs is 2. The lowest BCUT2D eigenvalue weighted by Gasteiger charge is -2.19. The lowest BCUT2D eigenvalue weighted by Crippen LogP contribution is -2.08. The number of hydrogen-bond donors (Lipinski definition) is 0. The van der Waals surface area contributed by atoms with Crippen LogP contribution in [0.15, 0.2) is 60.7 Å². The molecule has 1 fully saturated rings. The molecule has 4 aromatic carbocycles. The first-order valence-electron chi connectivity index (χ1n) is 14.0. The van der Waals surface area contributed by atoms with Crippen LogP contribution in [0.25, 0.3) is 21.5 Å². The van der Waals surface area contributed by atoms with Gasteiger partial charge in [-0.05, 0) is 78.2 Å². The van der Waals surface area contributed by atoms with Crippen molar-refractivity contribution in [2.24, 2.45) is 0 Å². The highest BCUT2D eigenvalue weighted by Crippen LogP contribution is 2.38. The van der Waals surface area contributed by atoms with E-state index in [1.165, 1.54) is 0 Å². The van der Waals surface area contributed by atoms with E-state index >= 15 is 0 Å². The van der Waals surface area contributed by atoms with E-state index in [2.05, 4.69) is 55.5 Å². The second-order valence-electron chi connectivity index (χ2n) is 9.68. The minimum absolute atomic E-state index is 0.166. The topological polar surface area (TPSA) is 58.7 Å². The van der Waals surface area contributed by atoms with Crippen LogP contribution < -0.4 is 18.9 Å². The zero-order valence-electron chi connectivity index (χ0n) is 23.2. The molecule has 0 aliphatic carbocycles. The monoisotopic (exact) mass is 530 g/mol. The van der Waals surface area contributed by atoms with E-state index in [1.54, 1.807) is 0 Å². The summed E-state index contributed by atoms with van der Waals surface area (Å²) in [6.45, 7) is 9.52. The van der Waals surface area contributed by atoms with E-state index in [4.69, 9.17) is 28.4 Å². The molecule has 39 heavy (non-hydrogen) atoms. The van der Waals surface area contributed by atoms with Crippen molar-refractivity contribution in [3.63, 3.8) is 0 Å². The molecule has 6 heteroatoms. The Balaban J connectivity index is 1.62. The van der Waals surface area contributed by atoms with E-state index < -0.39 is 0 Å². The minimum Gasteiger partial charge on any atom is -0.494 e. The van der Waals surface area contributed by atoms with E-state index in [0.717, 1.165) is 75.1 Å². The SMILES string of the molecule is CCCCOc1ccc2ccc(OCOCC)cc2c1Cc1c(OCC2CO2)ccc2ccc(OCC)cc12. The molecule has 206 valence electrons. The normalized spacial score (nSPS) is 14.5. The number of rotatable bonds is 15. The maximum absolute atomic E-state index is 6.37. The summed E-state index contributed by atoms with van der Waals surface area (Å²) < 4.78 is 35.3. The number of hydrogen-bond acceptors (Lipinski definition) is 6. The Labute approximate surface area is 230 Å². The number of ether oxygens (including phenoxy) is 6. The summed E-state index contributed by atoms with van der Waals surface area (Å²) in [7, 11) is 0. The molecule has 5 rings (SSSR count). The van der Waals surface area contributed by atoms with E-state index in [-0.39, 0.29) is 12.9 Å². The third-order valence-electron chi connectivity index (χ3n) is 6.88. The summed E-state index contributed by atoms with van der Waals surface area (Å²) >= 11 is 0.